The van der Waals surface area contributed by atoms with Crippen molar-refractivity contribution in [3.05, 3.63) is 47.1 Å². The van der Waals surface area contributed by atoms with Crippen LogP contribution in [0.5, 0.6) is 0 Å². The molecule has 0 aliphatic rings. The van der Waals surface area contributed by atoms with Gasteiger partial charge in [-0.05, 0) is 64.4 Å². The molecule has 1 heterocycles. The fraction of sp³-hybridized carbons (Fsp3) is 0.389. The predicted molar refractivity (Wildman–Crippen MR) is 103 cm³/mol. The Kier molecular flexibility index (Phi) is 6.08. The number of anilines is 2. The lowest BCUT2D eigenvalue weighted by molar-refractivity contribution is 0.302. The highest BCUT2D eigenvalue weighted by Gasteiger charge is 2.29. The van der Waals surface area contributed by atoms with Crippen molar-refractivity contribution in [3.63, 3.8) is 0 Å². The number of aromatic nitrogens is 1. The minimum absolute atomic E-state index is 0.128. The summed E-state index contributed by atoms with van der Waals surface area (Å²) in [6, 6.07) is 8.53. The molecule has 25 heavy (non-hydrogen) atoms. The number of nitrogens with zero attached hydrogens (tertiary/aromatic N) is 2. The lowest BCUT2D eigenvalue weighted by atomic mass is 10.2. The third-order valence-corrected chi connectivity index (χ3v) is 6.51. The summed E-state index contributed by atoms with van der Waals surface area (Å²) in [5.41, 5.74) is 1.75. The minimum atomic E-state index is -3.58. The van der Waals surface area contributed by atoms with E-state index in [4.69, 9.17) is 11.6 Å². The number of rotatable bonds is 6. The average Bonchev–Trinajstić information content (AvgIpc) is 2.51. The highest BCUT2D eigenvalue weighted by molar-refractivity contribution is 7.89. The molecule has 0 aliphatic heterocycles. The minimum Gasteiger partial charge on any atom is -0.340 e. The molecule has 0 atom stereocenters. The van der Waals surface area contributed by atoms with E-state index < -0.39 is 10.0 Å². The number of hydrogen-bond donors (Lipinski definition) is 1. The van der Waals surface area contributed by atoms with E-state index in [-0.39, 0.29) is 17.0 Å². The van der Waals surface area contributed by atoms with Crippen molar-refractivity contribution >= 4 is 33.1 Å². The molecular formula is C18H24ClN3O2S. The number of hydrogen-bond acceptors (Lipinski definition) is 4. The van der Waals surface area contributed by atoms with Gasteiger partial charge in [-0.1, -0.05) is 17.7 Å². The first kappa shape index (κ1) is 19.7. The summed E-state index contributed by atoms with van der Waals surface area (Å²) in [4.78, 5) is 4.44. The fourth-order valence-electron chi connectivity index (χ4n) is 2.76. The zero-order valence-electron chi connectivity index (χ0n) is 15.1. The van der Waals surface area contributed by atoms with Crippen LogP contribution in [0.2, 0.25) is 5.02 Å². The van der Waals surface area contributed by atoms with Crippen LogP contribution in [0.3, 0.4) is 0 Å². The van der Waals surface area contributed by atoms with Gasteiger partial charge in [-0.3, -0.25) is 0 Å². The van der Waals surface area contributed by atoms with E-state index in [0.29, 0.717) is 10.8 Å². The van der Waals surface area contributed by atoms with E-state index in [1.165, 1.54) is 10.5 Å². The molecule has 7 heteroatoms. The van der Waals surface area contributed by atoms with Crippen molar-refractivity contribution in [2.75, 3.05) is 5.32 Å². The van der Waals surface area contributed by atoms with Gasteiger partial charge in [0, 0.05) is 29.0 Å². The largest absolute Gasteiger partial charge is 0.340 e. The van der Waals surface area contributed by atoms with Gasteiger partial charge in [0.1, 0.15) is 10.7 Å². The van der Waals surface area contributed by atoms with E-state index >= 15 is 0 Å². The summed E-state index contributed by atoms with van der Waals surface area (Å²) in [7, 11) is -3.58. The van der Waals surface area contributed by atoms with E-state index in [2.05, 4.69) is 10.3 Å². The summed E-state index contributed by atoms with van der Waals surface area (Å²) in [6.45, 7) is 9.37. The molecule has 0 saturated heterocycles. The molecule has 2 aromatic rings. The van der Waals surface area contributed by atoms with Gasteiger partial charge < -0.3 is 5.32 Å². The molecule has 0 spiro atoms. The third kappa shape index (κ3) is 4.32. The van der Waals surface area contributed by atoms with Crippen LogP contribution in [0.25, 0.3) is 0 Å². The third-order valence-electron chi connectivity index (χ3n) is 3.86. The zero-order chi connectivity index (χ0) is 18.8. The Morgan fingerprint density at radius 3 is 2.24 bits per heavy atom. The SMILES string of the molecule is Cc1c(Cl)cccc1Nc1ccc(S(=O)(=O)N(C(C)C)C(C)C)cn1. The van der Waals surface area contributed by atoms with Gasteiger partial charge >= 0.3 is 0 Å². The van der Waals surface area contributed by atoms with Gasteiger partial charge in [-0.2, -0.15) is 4.31 Å². The first-order valence-corrected chi connectivity index (χ1v) is 9.98. The second kappa shape index (κ2) is 7.72. The average molecular weight is 382 g/mol. The Labute approximate surface area is 155 Å². The highest BCUT2D eigenvalue weighted by atomic mass is 35.5. The summed E-state index contributed by atoms with van der Waals surface area (Å²) in [6.07, 6.45) is 1.38. The molecular weight excluding hydrogens is 358 g/mol. The van der Waals surface area contributed by atoms with Crippen molar-refractivity contribution < 1.29 is 8.42 Å². The van der Waals surface area contributed by atoms with Gasteiger partial charge in [-0.25, -0.2) is 13.4 Å². The van der Waals surface area contributed by atoms with Crippen LogP contribution in [-0.4, -0.2) is 29.8 Å². The van der Waals surface area contributed by atoms with E-state index in [9.17, 15) is 8.42 Å². The van der Waals surface area contributed by atoms with Crippen LogP contribution < -0.4 is 5.32 Å². The Morgan fingerprint density at radius 1 is 1.08 bits per heavy atom. The molecule has 0 fully saturated rings. The van der Waals surface area contributed by atoms with Gasteiger partial charge in [0.15, 0.2) is 0 Å². The molecule has 1 aromatic carbocycles. The lowest BCUT2D eigenvalue weighted by Gasteiger charge is -2.29. The fourth-order valence-corrected chi connectivity index (χ4v) is 4.71. The molecule has 0 radical (unpaired) electrons. The van der Waals surface area contributed by atoms with Crippen LogP contribution in [0.4, 0.5) is 11.5 Å². The van der Waals surface area contributed by atoms with Crippen LogP contribution >= 0.6 is 11.6 Å². The number of sulfonamides is 1. The van der Waals surface area contributed by atoms with Crippen molar-refractivity contribution in [2.24, 2.45) is 0 Å². The van der Waals surface area contributed by atoms with Crippen LogP contribution in [0, 0.1) is 6.92 Å². The van der Waals surface area contributed by atoms with Gasteiger partial charge in [0.05, 0.1) is 0 Å². The van der Waals surface area contributed by atoms with E-state index in [1.807, 2.05) is 52.8 Å². The number of benzene rings is 1. The molecule has 1 N–H and O–H groups in total. The molecule has 0 unspecified atom stereocenters. The summed E-state index contributed by atoms with van der Waals surface area (Å²) in [5, 5.41) is 3.82. The smallest absolute Gasteiger partial charge is 0.245 e. The topological polar surface area (TPSA) is 62.3 Å². The maximum Gasteiger partial charge on any atom is 0.245 e. The van der Waals surface area contributed by atoms with Gasteiger partial charge in [0.25, 0.3) is 0 Å². The van der Waals surface area contributed by atoms with Crippen LogP contribution in [0.15, 0.2) is 41.4 Å². The van der Waals surface area contributed by atoms with Gasteiger partial charge in [0.2, 0.25) is 10.0 Å². The molecule has 2 rings (SSSR count). The Bertz CT molecular complexity index is 826. The Balaban J connectivity index is 2.29. The van der Waals surface area contributed by atoms with Crippen LogP contribution in [-0.2, 0) is 10.0 Å². The maximum atomic E-state index is 12.8. The van der Waals surface area contributed by atoms with Crippen molar-refractivity contribution in [2.45, 2.75) is 51.6 Å². The van der Waals surface area contributed by atoms with Gasteiger partial charge in [-0.15, -0.1) is 0 Å². The highest BCUT2D eigenvalue weighted by Crippen LogP contribution is 2.26. The van der Waals surface area contributed by atoms with Crippen molar-refractivity contribution in [3.8, 4) is 0 Å². The lowest BCUT2D eigenvalue weighted by Crippen LogP contribution is -2.41. The summed E-state index contributed by atoms with van der Waals surface area (Å²) < 4.78 is 27.1. The first-order chi connectivity index (χ1) is 11.6. The number of pyridine rings is 1. The maximum absolute atomic E-state index is 12.8. The molecule has 0 saturated carbocycles. The Hall–Kier alpha value is -1.63. The quantitative estimate of drug-likeness (QED) is 0.794. The molecule has 1 aromatic heterocycles. The van der Waals surface area contributed by atoms with Crippen LogP contribution in [0.1, 0.15) is 33.3 Å². The molecule has 0 bridgehead atoms. The molecule has 136 valence electrons. The monoisotopic (exact) mass is 381 g/mol. The zero-order valence-corrected chi connectivity index (χ0v) is 16.7. The second-order valence-corrected chi connectivity index (χ2v) is 8.69. The van der Waals surface area contributed by atoms with E-state index in [0.717, 1.165) is 11.3 Å². The molecule has 5 nitrogen and oxygen atoms in total. The number of nitrogens with one attached hydrogen (secondary N) is 1. The predicted octanol–water partition coefficient (Wildman–Crippen LogP) is 4.59. The normalized spacial score (nSPS) is 12.2. The second-order valence-electron chi connectivity index (χ2n) is 6.44. The molecule has 0 aliphatic carbocycles. The Morgan fingerprint density at radius 2 is 1.72 bits per heavy atom. The first-order valence-electron chi connectivity index (χ1n) is 8.16. The number of halogens is 1. The molecule has 0 amide bonds. The van der Waals surface area contributed by atoms with Crippen molar-refractivity contribution in [1.82, 2.24) is 9.29 Å². The van der Waals surface area contributed by atoms with E-state index in [1.54, 1.807) is 12.1 Å². The summed E-state index contributed by atoms with van der Waals surface area (Å²) in [5.74, 6) is 0.560. The van der Waals surface area contributed by atoms with Crippen molar-refractivity contribution in [1.29, 1.82) is 0 Å². The summed E-state index contributed by atoms with van der Waals surface area (Å²) >= 11 is 6.11. The standard InChI is InChI=1S/C18H24ClN3O2S/c1-12(2)22(13(3)4)25(23,24)15-9-10-18(20-11-15)21-17-8-6-7-16(19)14(17)5/h6-13H,1-5H3,(H,20,21).